The molecule has 2 aliphatic rings. The fourth-order valence-corrected chi connectivity index (χ4v) is 4.48. The van der Waals surface area contributed by atoms with Crippen LogP contribution in [0.25, 0.3) is 0 Å². The van der Waals surface area contributed by atoms with Crippen molar-refractivity contribution in [3.63, 3.8) is 0 Å². The Bertz CT molecular complexity index is 1160. The van der Waals surface area contributed by atoms with Crippen molar-refractivity contribution < 1.29 is 9.18 Å². The van der Waals surface area contributed by atoms with Crippen molar-refractivity contribution in [1.82, 2.24) is 0 Å². The highest BCUT2D eigenvalue weighted by molar-refractivity contribution is 7.80. The molecule has 3 aromatic carbocycles. The summed E-state index contributed by atoms with van der Waals surface area (Å²) < 4.78 is 13.4. The van der Waals surface area contributed by atoms with E-state index in [9.17, 15) is 9.18 Å². The Kier molecular flexibility index (Phi) is 4.03. The van der Waals surface area contributed by atoms with Gasteiger partial charge in [0.2, 0.25) is 5.11 Å². The summed E-state index contributed by atoms with van der Waals surface area (Å²) in [6.45, 7) is 0. The Labute approximate surface area is 172 Å². The number of halogens is 1. The maximum atomic E-state index is 13.4. The molecule has 0 aromatic heterocycles. The summed E-state index contributed by atoms with van der Waals surface area (Å²) in [4.78, 5) is 19.9. The standard InChI is InChI=1S/C23H16FN3OS/c24-16-12-10-15(11-13-16)20-14-23(18-8-4-5-9-19(18)25-21(23)28)27(22(29)26-20)17-6-2-1-3-7-17/h1-13H,14H2,(H,25,28)/t23-/m1/s1. The molecule has 0 bridgehead atoms. The van der Waals surface area contributed by atoms with Crippen molar-refractivity contribution in [1.29, 1.82) is 0 Å². The first-order valence-corrected chi connectivity index (χ1v) is 9.64. The maximum Gasteiger partial charge on any atom is 0.255 e. The molecule has 1 atom stereocenters. The molecule has 2 heterocycles. The van der Waals surface area contributed by atoms with Crippen LogP contribution < -0.4 is 10.2 Å². The van der Waals surface area contributed by atoms with Gasteiger partial charge in [-0.3, -0.25) is 9.69 Å². The number of anilines is 2. The lowest BCUT2D eigenvalue weighted by molar-refractivity contribution is -0.120. The average Bonchev–Trinajstić information content (AvgIpc) is 3.00. The van der Waals surface area contributed by atoms with Gasteiger partial charge in [0.1, 0.15) is 5.82 Å². The van der Waals surface area contributed by atoms with Gasteiger partial charge in [0.25, 0.3) is 5.91 Å². The van der Waals surface area contributed by atoms with Crippen molar-refractivity contribution in [3.8, 4) is 0 Å². The fourth-order valence-electron chi connectivity index (χ4n) is 4.10. The van der Waals surface area contributed by atoms with E-state index in [-0.39, 0.29) is 11.7 Å². The van der Waals surface area contributed by atoms with Crippen molar-refractivity contribution in [2.75, 3.05) is 10.2 Å². The number of benzene rings is 3. The quantitative estimate of drug-likeness (QED) is 0.636. The minimum Gasteiger partial charge on any atom is -0.323 e. The molecule has 0 fully saturated rings. The molecule has 1 amide bonds. The summed E-state index contributed by atoms with van der Waals surface area (Å²) in [5.41, 5.74) is 2.77. The lowest BCUT2D eigenvalue weighted by Crippen LogP contribution is -2.57. The van der Waals surface area contributed by atoms with Gasteiger partial charge in [-0.1, -0.05) is 48.5 Å². The van der Waals surface area contributed by atoms with Crippen LogP contribution in [0, 0.1) is 5.82 Å². The molecule has 5 rings (SSSR count). The van der Waals surface area contributed by atoms with Crippen LogP contribution in [0.5, 0.6) is 0 Å². The average molecular weight is 401 g/mol. The minimum atomic E-state index is -1.06. The highest BCUT2D eigenvalue weighted by Crippen LogP contribution is 2.47. The molecule has 29 heavy (non-hydrogen) atoms. The third-order valence-electron chi connectivity index (χ3n) is 5.42. The summed E-state index contributed by atoms with van der Waals surface area (Å²) in [5, 5.41) is 3.30. The monoisotopic (exact) mass is 401 g/mol. The number of carbonyl (C=O) groups excluding carboxylic acids is 1. The largest absolute Gasteiger partial charge is 0.323 e. The van der Waals surface area contributed by atoms with Crippen LogP contribution in [0.3, 0.4) is 0 Å². The van der Waals surface area contributed by atoms with Gasteiger partial charge in [-0.2, -0.15) is 0 Å². The summed E-state index contributed by atoms with van der Waals surface area (Å²) in [6, 6.07) is 23.3. The molecule has 0 radical (unpaired) electrons. The molecule has 1 spiro atoms. The second kappa shape index (κ2) is 6.60. The molecule has 3 aromatic rings. The number of hydrogen-bond donors (Lipinski definition) is 1. The Morgan fingerprint density at radius 1 is 0.966 bits per heavy atom. The first-order valence-electron chi connectivity index (χ1n) is 9.23. The first-order chi connectivity index (χ1) is 14.1. The zero-order chi connectivity index (χ0) is 20.0. The number of rotatable bonds is 2. The number of thiocarbonyl (C=S) groups is 1. The normalized spacial score (nSPS) is 20.4. The van der Waals surface area contributed by atoms with E-state index in [4.69, 9.17) is 12.2 Å². The minimum absolute atomic E-state index is 0.153. The Morgan fingerprint density at radius 3 is 2.41 bits per heavy atom. The molecule has 4 nitrogen and oxygen atoms in total. The number of carbonyl (C=O) groups is 1. The van der Waals surface area contributed by atoms with E-state index in [0.29, 0.717) is 17.2 Å². The number of nitrogens with zero attached hydrogens (tertiary/aromatic N) is 2. The van der Waals surface area contributed by atoms with Gasteiger partial charge in [0.15, 0.2) is 5.54 Å². The summed E-state index contributed by atoms with van der Waals surface area (Å²) in [6.07, 6.45) is 0.316. The molecule has 1 N–H and O–H groups in total. The van der Waals surface area contributed by atoms with Crippen LogP contribution in [0.2, 0.25) is 0 Å². The number of hydrogen-bond acceptors (Lipinski definition) is 2. The Balaban J connectivity index is 1.74. The van der Waals surface area contributed by atoms with Crippen LogP contribution in [0.15, 0.2) is 83.9 Å². The van der Waals surface area contributed by atoms with Gasteiger partial charge in [-0.25, -0.2) is 9.38 Å². The summed E-state index contributed by atoms with van der Waals surface area (Å²) >= 11 is 5.69. The molecular weight excluding hydrogens is 385 g/mol. The van der Waals surface area contributed by atoms with Crippen LogP contribution in [-0.2, 0) is 10.3 Å². The topological polar surface area (TPSA) is 44.7 Å². The van der Waals surface area contributed by atoms with Gasteiger partial charge >= 0.3 is 0 Å². The number of amides is 1. The van der Waals surface area contributed by atoms with Crippen molar-refractivity contribution >= 4 is 40.3 Å². The van der Waals surface area contributed by atoms with Crippen molar-refractivity contribution in [3.05, 3.63) is 95.8 Å². The van der Waals surface area contributed by atoms with Crippen LogP contribution in [0.4, 0.5) is 15.8 Å². The molecule has 0 aliphatic carbocycles. The van der Waals surface area contributed by atoms with Gasteiger partial charge in [0, 0.05) is 23.4 Å². The highest BCUT2D eigenvalue weighted by atomic mass is 32.1. The van der Waals surface area contributed by atoms with Gasteiger partial charge in [-0.15, -0.1) is 0 Å². The van der Waals surface area contributed by atoms with E-state index >= 15 is 0 Å². The first kappa shape index (κ1) is 17.7. The summed E-state index contributed by atoms with van der Waals surface area (Å²) in [5.74, 6) is -0.475. The molecule has 0 saturated heterocycles. The maximum absolute atomic E-state index is 13.4. The SMILES string of the molecule is O=C1Nc2ccccc2[C@]12CC(c1ccc(F)cc1)=NC(=S)N2c1ccccc1. The van der Waals surface area contributed by atoms with E-state index in [1.165, 1.54) is 12.1 Å². The number of nitrogens with one attached hydrogen (secondary N) is 1. The van der Waals surface area contributed by atoms with E-state index < -0.39 is 5.54 Å². The van der Waals surface area contributed by atoms with E-state index in [0.717, 1.165) is 22.5 Å². The highest BCUT2D eigenvalue weighted by Gasteiger charge is 2.55. The van der Waals surface area contributed by atoms with Gasteiger partial charge in [0.05, 0.1) is 5.71 Å². The van der Waals surface area contributed by atoms with Gasteiger partial charge < -0.3 is 5.32 Å². The van der Waals surface area contributed by atoms with E-state index in [1.54, 1.807) is 12.1 Å². The zero-order valence-electron chi connectivity index (χ0n) is 15.3. The predicted molar refractivity (Wildman–Crippen MR) is 116 cm³/mol. The van der Waals surface area contributed by atoms with Crippen molar-refractivity contribution in [2.24, 2.45) is 4.99 Å². The van der Waals surface area contributed by atoms with Crippen LogP contribution >= 0.6 is 12.2 Å². The van der Waals surface area contributed by atoms with Gasteiger partial charge in [-0.05, 0) is 48.1 Å². The second-order valence-corrected chi connectivity index (χ2v) is 7.42. The smallest absolute Gasteiger partial charge is 0.255 e. The molecule has 0 saturated carbocycles. The molecular formula is C23H16FN3OS. The predicted octanol–water partition coefficient (Wildman–Crippen LogP) is 4.66. The van der Waals surface area contributed by atoms with E-state index in [1.807, 2.05) is 59.5 Å². The molecule has 142 valence electrons. The third-order valence-corrected chi connectivity index (χ3v) is 5.69. The second-order valence-electron chi connectivity index (χ2n) is 7.06. The third kappa shape index (κ3) is 2.68. The summed E-state index contributed by atoms with van der Waals surface area (Å²) in [7, 11) is 0. The van der Waals surface area contributed by atoms with Crippen molar-refractivity contribution in [2.45, 2.75) is 12.0 Å². The molecule has 2 aliphatic heterocycles. The van der Waals surface area contributed by atoms with Crippen LogP contribution in [-0.4, -0.2) is 16.7 Å². The fraction of sp³-hybridized carbons (Fsp3) is 0.0870. The zero-order valence-corrected chi connectivity index (χ0v) is 16.1. The number of aliphatic imine (C=N–C) groups is 1. The number of fused-ring (bicyclic) bond motifs is 2. The lowest BCUT2D eigenvalue weighted by atomic mass is 9.81. The number of para-hydroxylation sites is 2. The van der Waals surface area contributed by atoms with E-state index in [2.05, 4.69) is 10.3 Å². The lowest BCUT2D eigenvalue weighted by Gasteiger charge is -2.43. The molecule has 0 unspecified atom stereocenters. The Morgan fingerprint density at radius 2 is 1.66 bits per heavy atom. The Hall–Kier alpha value is -3.38. The molecule has 6 heteroatoms. The van der Waals surface area contributed by atoms with Crippen LogP contribution in [0.1, 0.15) is 17.5 Å².